The van der Waals surface area contributed by atoms with Crippen LogP contribution >= 0.6 is 0 Å². The van der Waals surface area contributed by atoms with Gasteiger partial charge in [0.05, 0.1) is 36.3 Å². The van der Waals surface area contributed by atoms with E-state index in [-0.39, 0.29) is 4.90 Å². The van der Waals surface area contributed by atoms with Gasteiger partial charge in [-0.3, -0.25) is 4.98 Å². The van der Waals surface area contributed by atoms with E-state index in [4.69, 9.17) is 9.47 Å². The zero-order valence-corrected chi connectivity index (χ0v) is 17.6. The fourth-order valence-electron chi connectivity index (χ4n) is 3.67. The van der Waals surface area contributed by atoms with Gasteiger partial charge in [-0.1, -0.05) is 24.6 Å². The van der Waals surface area contributed by atoms with Crippen LogP contribution < -0.4 is 9.47 Å². The first-order chi connectivity index (χ1) is 13.9. The Morgan fingerprint density at radius 1 is 0.966 bits per heavy atom. The van der Waals surface area contributed by atoms with Gasteiger partial charge in [-0.15, -0.1) is 0 Å². The Morgan fingerprint density at radius 3 is 2.24 bits per heavy atom. The maximum absolute atomic E-state index is 13.7. The average Bonchev–Trinajstić information content (AvgIpc) is 3.07. The Hall–Kier alpha value is -3.06. The van der Waals surface area contributed by atoms with Crippen molar-refractivity contribution in [2.75, 3.05) is 14.2 Å². The largest absolute Gasteiger partial charge is 0.493 e. The number of hydrogen-bond acceptors (Lipinski definition) is 5. The van der Waals surface area contributed by atoms with Gasteiger partial charge < -0.3 is 9.47 Å². The standard InChI is InChI=1S/C22H22N2O4S/c1-5-15-12-23-13-19-22(15)17-10-20(27-3)21(28-4)11-18(17)24(19)29(25,26)16-8-6-14(2)7-9-16/h6-13H,5H2,1-4H3. The molecule has 0 N–H and O–H groups in total. The third-order valence-electron chi connectivity index (χ3n) is 5.15. The van der Waals surface area contributed by atoms with E-state index < -0.39 is 10.0 Å². The SMILES string of the molecule is CCc1cncc2c1c1cc(OC)c(OC)cc1n2S(=O)(=O)c1ccc(C)cc1. The van der Waals surface area contributed by atoms with Crippen molar-refractivity contribution in [1.29, 1.82) is 0 Å². The van der Waals surface area contributed by atoms with E-state index in [1.165, 1.54) is 11.1 Å². The highest BCUT2D eigenvalue weighted by Gasteiger charge is 2.26. The minimum atomic E-state index is -3.85. The van der Waals surface area contributed by atoms with Gasteiger partial charge in [0.25, 0.3) is 10.0 Å². The molecule has 0 fully saturated rings. The van der Waals surface area contributed by atoms with Crippen LogP contribution in [0.1, 0.15) is 18.1 Å². The van der Waals surface area contributed by atoms with E-state index in [0.29, 0.717) is 22.5 Å². The molecule has 0 spiro atoms. The van der Waals surface area contributed by atoms with Crippen molar-refractivity contribution in [3.63, 3.8) is 0 Å². The van der Waals surface area contributed by atoms with Crippen LogP contribution in [0.15, 0.2) is 53.7 Å². The average molecular weight is 410 g/mol. The topological polar surface area (TPSA) is 70.4 Å². The minimum Gasteiger partial charge on any atom is -0.493 e. The number of benzene rings is 2. The molecule has 29 heavy (non-hydrogen) atoms. The summed E-state index contributed by atoms with van der Waals surface area (Å²) in [5.41, 5.74) is 3.03. The Kier molecular flexibility index (Phi) is 4.70. The Labute approximate surface area is 169 Å². The summed E-state index contributed by atoms with van der Waals surface area (Å²) in [6, 6.07) is 10.4. The predicted octanol–water partition coefficient (Wildman–Crippen LogP) is 4.31. The van der Waals surface area contributed by atoms with Gasteiger partial charge in [-0.2, -0.15) is 0 Å². The highest BCUT2D eigenvalue weighted by Crippen LogP contribution is 2.40. The molecule has 4 aromatic rings. The fraction of sp³-hybridized carbons (Fsp3) is 0.227. The van der Waals surface area contributed by atoms with Gasteiger partial charge in [0.15, 0.2) is 11.5 Å². The smallest absolute Gasteiger partial charge is 0.268 e. The lowest BCUT2D eigenvalue weighted by Gasteiger charge is -2.11. The quantitative estimate of drug-likeness (QED) is 0.490. The maximum Gasteiger partial charge on any atom is 0.268 e. The molecule has 0 aliphatic carbocycles. The molecule has 7 heteroatoms. The molecule has 2 heterocycles. The molecule has 0 saturated carbocycles. The highest BCUT2D eigenvalue weighted by molar-refractivity contribution is 7.90. The first-order valence-corrected chi connectivity index (χ1v) is 10.7. The molecule has 0 atom stereocenters. The molecule has 6 nitrogen and oxygen atoms in total. The summed E-state index contributed by atoms with van der Waals surface area (Å²) in [5, 5.41) is 1.64. The van der Waals surface area contributed by atoms with Crippen LogP contribution in [0, 0.1) is 6.92 Å². The van der Waals surface area contributed by atoms with Crippen LogP contribution in [-0.4, -0.2) is 31.6 Å². The molecule has 0 amide bonds. The normalized spacial score (nSPS) is 11.9. The Balaban J connectivity index is 2.18. The molecule has 0 bridgehead atoms. The first-order valence-electron chi connectivity index (χ1n) is 9.27. The second kappa shape index (κ2) is 7.08. The van der Waals surface area contributed by atoms with Gasteiger partial charge in [0.2, 0.25) is 0 Å². The van der Waals surface area contributed by atoms with Crippen molar-refractivity contribution in [3.05, 3.63) is 59.9 Å². The fourth-order valence-corrected chi connectivity index (χ4v) is 5.16. The molecule has 2 aromatic heterocycles. The van der Waals surface area contributed by atoms with Crippen LogP contribution in [0.25, 0.3) is 21.8 Å². The van der Waals surface area contributed by atoms with Gasteiger partial charge in [0.1, 0.15) is 0 Å². The number of ether oxygens (including phenoxy) is 2. The number of aryl methyl sites for hydroxylation is 2. The van der Waals surface area contributed by atoms with E-state index in [2.05, 4.69) is 4.98 Å². The number of aromatic nitrogens is 2. The van der Waals surface area contributed by atoms with E-state index >= 15 is 0 Å². The monoisotopic (exact) mass is 410 g/mol. The highest BCUT2D eigenvalue weighted by atomic mass is 32.2. The maximum atomic E-state index is 13.7. The lowest BCUT2D eigenvalue weighted by atomic mass is 10.1. The van der Waals surface area contributed by atoms with E-state index in [0.717, 1.165) is 28.3 Å². The lowest BCUT2D eigenvalue weighted by molar-refractivity contribution is 0.356. The third-order valence-corrected chi connectivity index (χ3v) is 6.90. The number of hydrogen-bond donors (Lipinski definition) is 0. The zero-order chi connectivity index (χ0) is 20.8. The summed E-state index contributed by atoms with van der Waals surface area (Å²) in [6.07, 6.45) is 4.10. The van der Waals surface area contributed by atoms with Crippen molar-refractivity contribution in [2.24, 2.45) is 0 Å². The second-order valence-corrected chi connectivity index (χ2v) is 8.64. The summed E-state index contributed by atoms with van der Waals surface area (Å²) in [5.74, 6) is 1.01. The van der Waals surface area contributed by atoms with E-state index in [1.807, 2.05) is 19.9 Å². The first kappa shape index (κ1) is 19.3. The molecule has 0 aliphatic heterocycles. The van der Waals surface area contributed by atoms with Crippen molar-refractivity contribution in [2.45, 2.75) is 25.2 Å². The number of pyridine rings is 1. The number of rotatable bonds is 5. The molecule has 0 aliphatic rings. The van der Waals surface area contributed by atoms with Crippen molar-refractivity contribution in [1.82, 2.24) is 8.96 Å². The number of methoxy groups -OCH3 is 2. The van der Waals surface area contributed by atoms with Gasteiger partial charge >= 0.3 is 0 Å². The Morgan fingerprint density at radius 2 is 1.62 bits per heavy atom. The van der Waals surface area contributed by atoms with Crippen LogP contribution in [0.3, 0.4) is 0 Å². The summed E-state index contributed by atoms with van der Waals surface area (Å²) >= 11 is 0. The van der Waals surface area contributed by atoms with Crippen LogP contribution in [-0.2, 0) is 16.4 Å². The molecule has 0 radical (unpaired) electrons. The summed E-state index contributed by atoms with van der Waals surface area (Å²) < 4.78 is 39.6. The van der Waals surface area contributed by atoms with Crippen LogP contribution in [0.5, 0.6) is 11.5 Å². The summed E-state index contributed by atoms with van der Waals surface area (Å²) in [4.78, 5) is 4.52. The zero-order valence-electron chi connectivity index (χ0n) is 16.8. The molecule has 150 valence electrons. The van der Waals surface area contributed by atoms with E-state index in [9.17, 15) is 8.42 Å². The molecular formula is C22H22N2O4S. The molecule has 2 aromatic carbocycles. The van der Waals surface area contributed by atoms with Gasteiger partial charge in [-0.25, -0.2) is 12.4 Å². The van der Waals surface area contributed by atoms with Crippen LogP contribution in [0.2, 0.25) is 0 Å². The second-order valence-electron chi connectivity index (χ2n) is 6.85. The summed E-state index contributed by atoms with van der Waals surface area (Å²) in [7, 11) is -0.759. The molecule has 4 rings (SSSR count). The van der Waals surface area contributed by atoms with Crippen molar-refractivity contribution < 1.29 is 17.9 Å². The number of nitrogens with zero attached hydrogens (tertiary/aromatic N) is 2. The summed E-state index contributed by atoms with van der Waals surface area (Å²) in [6.45, 7) is 3.94. The van der Waals surface area contributed by atoms with Crippen LogP contribution in [0.4, 0.5) is 0 Å². The molecule has 0 saturated heterocycles. The molecule has 0 unspecified atom stereocenters. The van der Waals surface area contributed by atoms with Crippen molar-refractivity contribution in [3.8, 4) is 11.5 Å². The minimum absolute atomic E-state index is 0.221. The number of fused-ring (bicyclic) bond motifs is 3. The third kappa shape index (κ3) is 2.93. The van der Waals surface area contributed by atoms with Gasteiger partial charge in [0, 0.05) is 23.0 Å². The Bertz CT molecular complexity index is 1320. The van der Waals surface area contributed by atoms with E-state index in [1.54, 1.807) is 49.8 Å². The van der Waals surface area contributed by atoms with Gasteiger partial charge in [-0.05, 0) is 37.1 Å². The molecular weight excluding hydrogens is 388 g/mol. The predicted molar refractivity (Wildman–Crippen MR) is 113 cm³/mol. The van der Waals surface area contributed by atoms with Crippen molar-refractivity contribution >= 4 is 31.8 Å². The lowest BCUT2D eigenvalue weighted by Crippen LogP contribution is -2.13.